The highest BCUT2D eigenvalue weighted by atomic mass is 32.1. The second-order valence-electron chi connectivity index (χ2n) is 6.14. The van der Waals surface area contributed by atoms with Crippen molar-refractivity contribution in [2.45, 2.75) is 38.3 Å². The normalized spacial score (nSPS) is 16.4. The molecule has 3 nitrogen and oxygen atoms in total. The molecule has 0 unspecified atom stereocenters. The summed E-state index contributed by atoms with van der Waals surface area (Å²) in [6.07, 6.45) is 4.95. The molecule has 1 heterocycles. The molecule has 1 amide bonds. The third-order valence-corrected chi connectivity index (χ3v) is 5.49. The lowest BCUT2D eigenvalue weighted by Crippen LogP contribution is -2.32. The zero-order valence-electron chi connectivity index (χ0n) is 13.5. The number of benzene rings is 1. The molecule has 122 valence electrons. The maximum Gasteiger partial charge on any atom is 0.251 e. The Kier molecular flexibility index (Phi) is 5.47. The zero-order valence-corrected chi connectivity index (χ0v) is 14.3. The zero-order chi connectivity index (χ0) is 16.1. The van der Waals surface area contributed by atoms with Gasteiger partial charge in [-0.25, -0.2) is 0 Å². The van der Waals surface area contributed by atoms with Crippen molar-refractivity contribution in [3.05, 3.63) is 57.8 Å². The van der Waals surface area contributed by atoms with Crippen LogP contribution in [-0.2, 0) is 11.3 Å². The predicted molar refractivity (Wildman–Crippen MR) is 93.6 cm³/mol. The van der Waals surface area contributed by atoms with E-state index in [1.54, 1.807) is 18.4 Å². The number of hydrogen-bond acceptors (Lipinski definition) is 3. The molecule has 2 aromatic rings. The number of thiophene rings is 1. The Bertz CT molecular complexity index is 615. The summed E-state index contributed by atoms with van der Waals surface area (Å²) < 4.78 is 5.11. The third kappa shape index (κ3) is 4.01. The maximum absolute atomic E-state index is 12.6. The predicted octanol–water partition coefficient (Wildman–Crippen LogP) is 4.56. The number of carbonyl (C=O) groups excluding carboxylic acids is 1. The van der Waals surface area contributed by atoms with Crippen LogP contribution in [0.1, 0.15) is 52.5 Å². The molecule has 1 atom stereocenters. The van der Waals surface area contributed by atoms with E-state index in [-0.39, 0.29) is 11.9 Å². The summed E-state index contributed by atoms with van der Waals surface area (Å²) in [6, 6.07) is 12.0. The highest BCUT2D eigenvalue weighted by molar-refractivity contribution is 7.10. The van der Waals surface area contributed by atoms with Gasteiger partial charge >= 0.3 is 0 Å². The quantitative estimate of drug-likeness (QED) is 0.844. The molecule has 0 saturated heterocycles. The van der Waals surface area contributed by atoms with Crippen LogP contribution in [0.15, 0.2) is 41.8 Å². The number of ether oxygens (including phenoxy) is 1. The fraction of sp³-hybridized carbons (Fsp3) is 0.421. The molecule has 0 spiro atoms. The van der Waals surface area contributed by atoms with E-state index in [2.05, 4.69) is 22.8 Å². The second-order valence-corrected chi connectivity index (χ2v) is 7.12. The summed E-state index contributed by atoms with van der Waals surface area (Å²) in [5.74, 6) is 0.574. The summed E-state index contributed by atoms with van der Waals surface area (Å²) >= 11 is 1.73. The van der Waals surface area contributed by atoms with E-state index in [0.717, 1.165) is 5.56 Å². The standard InChI is InChI=1S/C19H23NO2S/c1-22-13-14-8-10-16(11-9-14)19(21)20-18(15-5-2-3-6-15)17-7-4-12-23-17/h4,7-12,15,18H,2-3,5-6,13H2,1H3,(H,20,21)/t18-/m0/s1. The van der Waals surface area contributed by atoms with Gasteiger partial charge in [-0.05, 0) is 47.9 Å². The molecule has 1 fully saturated rings. The minimum atomic E-state index is 0.0132. The topological polar surface area (TPSA) is 38.3 Å². The number of carbonyl (C=O) groups is 1. The van der Waals surface area contributed by atoms with Gasteiger partial charge in [0, 0.05) is 17.6 Å². The van der Waals surface area contributed by atoms with Crippen LogP contribution in [-0.4, -0.2) is 13.0 Å². The first-order chi connectivity index (χ1) is 11.3. The van der Waals surface area contributed by atoms with Crippen LogP contribution in [0.2, 0.25) is 0 Å². The fourth-order valence-electron chi connectivity index (χ4n) is 3.32. The van der Waals surface area contributed by atoms with Crippen LogP contribution >= 0.6 is 11.3 Å². The lowest BCUT2D eigenvalue weighted by molar-refractivity contribution is 0.0922. The number of rotatable bonds is 6. The molecule has 1 saturated carbocycles. The number of nitrogens with one attached hydrogen (secondary N) is 1. The van der Waals surface area contributed by atoms with Crippen LogP contribution in [0.3, 0.4) is 0 Å². The van der Waals surface area contributed by atoms with Crippen LogP contribution < -0.4 is 5.32 Å². The van der Waals surface area contributed by atoms with Gasteiger partial charge in [-0.1, -0.05) is 31.0 Å². The Morgan fingerprint density at radius 3 is 2.61 bits per heavy atom. The van der Waals surface area contributed by atoms with Crippen molar-refractivity contribution in [1.82, 2.24) is 5.32 Å². The molecular weight excluding hydrogens is 306 g/mol. The van der Waals surface area contributed by atoms with Gasteiger partial charge in [0.25, 0.3) is 5.91 Å². The molecule has 1 aromatic heterocycles. The minimum Gasteiger partial charge on any atom is -0.380 e. The Labute approximate surface area is 141 Å². The van der Waals surface area contributed by atoms with Gasteiger partial charge in [-0.15, -0.1) is 11.3 Å². The molecule has 3 rings (SSSR count). The van der Waals surface area contributed by atoms with Gasteiger partial charge in [-0.2, -0.15) is 0 Å². The Balaban J connectivity index is 1.72. The lowest BCUT2D eigenvalue weighted by Gasteiger charge is -2.24. The van der Waals surface area contributed by atoms with E-state index in [1.165, 1.54) is 30.6 Å². The number of methoxy groups -OCH3 is 1. The van der Waals surface area contributed by atoms with Crippen LogP contribution in [0.25, 0.3) is 0 Å². The van der Waals surface area contributed by atoms with Crippen LogP contribution in [0, 0.1) is 5.92 Å². The van der Waals surface area contributed by atoms with E-state index in [4.69, 9.17) is 4.74 Å². The van der Waals surface area contributed by atoms with E-state index >= 15 is 0 Å². The van der Waals surface area contributed by atoms with Gasteiger partial charge in [0.2, 0.25) is 0 Å². The summed E-state index contributed by atoms with van der Waals surface area (Å²) in [5, 5.41) is 5.36. The van der Waals surface area contributed by atoms with Crippen LogP contribution in [0.4, 0.5) is 0 Å². The van der Waals surface area contributed by atoms with Gasteiger partial charge in [0.15, 0.2) is 0 Å². The molecule has 1 aliphatic rings. The van der Waals surface area contributed by atoms with Crippen molar-refractivity contribution >= 4 is 17.2 Å². The first-order valence-electron chi connectivity index (χ1n) is 8.20. The van der Waals surface area contributed by atoms with Gasteiger partial charge in [0.1, 0.15) is 0 Å². The third-order valence-electron chi connectivity index (χ3n) is 4.53. The molecular formula is C19H23NO2S. The molecule has 0 radical (unpaired) electrons. The van der Waals surface area contributed by atoms with E-state index in [9.17, 15) is 4.79 Å². The van der Waals surface area contributed by atoms with Gasteiger partial charge in [-0.3, -0.25) is 4.79 Å². The fourth-order valence-corrected chi connectivity index (χ4v) is 4.19. The van der Waals surface area contributed by atoms with Crippen molar-refractivity contribution in [2.75, 3.05) is 7.11 Å². The lowest BCUT2D eigenvalue weighted by atomic mass is 9.96. The van der Waals surface area contributed by atoms with Crippen molar-refractivity contribution in [3.8, 4) is 0 Å². The van der Waals surface area contributed by atoms with E-state index in [0.29, 0.717) is 18.1 Å². The van der Waals surface area contributed by atoms with E-state index < -0.39 is 0 Å². The SMILES string of the molecule is COCc1ccc(C(=O)N[C@H](c2cccs2)C2CCCC2)cc1. The largest absolute Gasteiger partial charge is 0.380 e. The maximum atomic E-state index is 12.6. The average Bonchev–Trinajstić information content (AvgIpc) is 3.27. The molecule has 23 heavy (non-hydrogen) atoms. The molecule has 4 heteroatoms. The Hall–Kier alpha value is -1.65. The summed E-state index contributed by atoms with van der Waals surface area (Å²) in [7, 11) is 1.67. The van der Waals surface area contributed by atoms with E-state index in [1.807, 2.05) is 24.3 Å². The highest BCUT2D eigenvalue weighted by Gasteiger charge is 2.28. The summed E-state index contributed by atoms with van der Waals surface area (Å²) in [5.41, 5.74) is 1.79. The molecule has 1 aromatic carbocycles. The van der Waals surface area contributed by atoms with Gasteiger partial charge in [0.05, 0.1) is 12.6 Å². The molecule has 0 bridgehead atoms. The highest BCUT2D eigenvalue weighted by Crippen LogP contribution is 2.37. The minimum absolute atomic E-state index is 0.0132. The number of hydrogen-bond donors (Lipinski definition) is 1. The first kappa shape index (κ1) is 16.2. The average molecular weight is 329 g/mol. The van der Waals surface area contributed by atoms with Crippen molar-refractivity contribution in [2.24, 2.45) is 5.92 Å². The van der Waals surface area contributed by atoms with Crippen molar-refractivity contribution in [3.63, 3.8) is 0 Å². The van der Waals surface area contributed by atoms with Crippen LogP contribution in [0.5, 0.6) is 0 Å². The summed E-state index contributed by atoms with van der Waals surface area (Å²) in [4.78, 5) is 13.9. The van der Waals surface area contributed by atoms with Crippen molar-refractivity contribution < 1.29 is 9.53 Å². The Morgan fingerprint density at radius 1 is 1.26 bits per heavy atom. The number of amides is 1. The van der Waals surface area contributed by atoms with Crippen molar-refractivity contribution in [1.29, 1.82) is 0 Å². The Morgan fingerprint density at radius 2 is 2.00 bits per heavy atom. The molecule has 0 aliphatic heterocycles. The monoisotopic (exact) mass is 329 g/mol. The molecule has 1 aliphatic carbocycles. The molecule has 1 N–H and O–H groups in total. The smallest absolute Gasteiger partial charge is 0.251 e. The first-order valence-corrected chi connectivity index (χ1v) is 9.08. The van der Waals surface area contributed by atoms with Gasteiger partial charge < -0.3 is 10.1 Å². The second kappa shape index (κ2) is 7.75. The summed E-state index contributed by atoms with van der Waals surface area (Å²) in [6.45, 7) is 0.571.